The van der Waals surface area contributed by atoms with Gasteiger partial charge < -0.3 is 10.2 Å². The van der Waals surface area contributed by atoms with Gasteiger partial charge in [0.2, 0.25) is 5.91 Å². The minimum Gasteiger partial charge on any atom is -0.330 e. The average Bonchev–Trinajstić information content (AvgIpc) is 3.28. The van der Waals surface area contributed by atoms with E-state index in [4.69, 9.17) is 0 Å². The molecule has 2 aromatic heterocycles. The van der Waals surface area contributed by atoms with E-state index in [0.717, 1.165) is 42.9 Å². The maximum Gasteiger partial charge on any atom is 0.223 e. The van der Waals surface area contributed by atoms with E-state index in [2.05, 4.69) is 32.6 Å². The number of hydrogen-bond acceptors (Lipinski definition) is 5. The fraction of sp³-hybridized carbons (Fsp3) is 0.667. The summed E-state index contributed by atoms with van der Waals surface area (Å²) in [6.07, 6.45) is 5.48. The number of nitrogens with zero attached hydrogens (tertiary/aromatic N) is 6. The van der Waals surface area contributed by atoms with Crippen LogP contribution in [-0.4, -0.2) is 47.7 Å². The highest BCUT2D eigenvalue weighted by Crippen LogP contribution is 2.40. The molecule has 1 aliphatic heterocycles. The molecular weight excluding hydrogens is 330 g/mol. The van der Waals surface area contributed by atoms with Gasteiger partial charge in [-0.05, 0) is 39.2 Å². The molecule has 2 atom stereocenters. The zero-order chi connectivity index (χ0) is 18.3. The minimum absolute atomic E-state index is 0.0301. The lowest BCUT2D eigenvalue weighted by Crippen LogP contribution is -2.52. The Morgan fingerprint density at radius 3 is 2.77 bits per heavy atom. The Bertz CT molecular complexity index is 791. The van der Waals surface area contributed by atoms with Gasteiger partial charge >= 0.3 is 0 Å². The normalized spacial score (nSPS) is 23.7. The van der Waals surface area contributed by atoms with Gasteiger partial charge in [0.15, 0.2) is 0 Å². The van der Waals surface area contributed by atoms with Crippen LogP contribution in [0.15, 0.2) is 12.3 Å². The SMILES string of the molecule is CCn1nnc(C)c1CN[C@@H]1CCC(=O)N(C2CC2)[C@H]1c1ccnn1C. The number of amides is 1. The summed E-state index contributed by atoms with van der Waals surface area (Å²) in [7, 11) is 1.96. The molecule has 1 saturated carbocycles. The largest absolute Gasteiger partial charge is 0.330 e. The molecule has 0 bridgehead atoms. The molecule has 0 unspecified atom stereocenters. The summed E-state index contributed by atoms with van der Waals surface area (Å²) < 4.78 is 3.84. The Balaban J connectivity index is 1.59. The molecule has 8 nitrogen and oxygen atoms in total. The van der Waals surface area contributed by atoms with E-state index in [1.165, 1.54) is 0 Å². The maximum atomic E-state index is 12.7. The van der Waals surface area contributed by atoms with E-state index < -0.39 is 0 Å². The third-order valence-corrected chi connectivity index (χ3v) is 5.60. The van der Waals surface area contributed by atoms with Crippen LogP contribution in [-0.2, 0) is 24.9 Å². The number of likely N-dealkylation sites (tertiary alicyclic amines) is 1. The van der Waals surface area contributed by atoms with E-state index in [9.17, 15) is 4.79 Å². The number of carbonyl (C=O) groups is 1. The summed E-state index contributed by atoms with van der Waals surface area (Å²) in [4.78, 5) is 14.8. The van der Waals surface area contributed by atoms with Gasteiger partial charge in [0, 0.05) is 44.8 Å². The second-order valence-electron chi connectivity index (χ2n) is 7.32. The monoisotopic (exact) mass is 357 g/mol. The summed E-state index contributed by atoms with van der Waals surface area (Å²) in [5, 5.41) is 16.4. The lowest BCUT2D eigenvalue weighted by atomic mass is 9.92. The van der Waals surface area contributed by atoms with E-state index in [-0.39, 0.29) is 18.0 Å². The third kappa shape index (κ3) is 3.02. The van der Waals surface area contributed by atoms with Gasteiger partial charge in [-0.25, -0.2) is 4.68 Å². The summed E-state index contributed by atoms with van der Waals surface area (Å²) in [5.41, 5.74) is 3.18. The van der Waals surface area contributed by atoms with Crippen molar-refractivity contribution in [3.63, 3.8) is 0 Å². The summed E-state index contributed by atoms with van der Waals surface area (Å²) in [5.74, 6) is 0.271. The van der Waals surface area contributed by atoms with Gasteiger partial charge in [0.1, 0.15) is 0 Å². The standard InChI is InChI=1S/C18H27N7O/c1-4-24-16(12(2)21-22-24)11-19-14-7-8-17(26)25(13-5-6-13)18(14)15-9-10-20-23(15)3/h9-10,13-14,18-19H,4-8,11H2,1-3H3/t14-,18-/m1/s1. The Morgan fingerprint density at radius 1 is 1.31 bits per heavy atom. The number of piperidine rings is 1. The van der Waals surface area contributed by atoms with Gasteiger partial charge in [-0.15, -0.1) is 5.10 Å². The fourth-order valence-corrected chi connectivity index (χ4v) is 4.06. The molecule has 1 saturated heterocycles. The molecule has 2 aliphatic rings. The highest BCUT2D eigenvalue weighted by Gasteiger charge is 2.45. The van der Waals surface area contributed by atoms with Crippen molar-refractivity contribution in [3.8, 4) is 0 Å². The molecule has 2 aromatic rings. The fourth-order valence-electron chi connectivity index (χ4n) is 4.06. The van der Waals surface area contributed by atoms with E-state index >= 15 is 0 Å². The van der Waals surface area contributed by atoms with Crippen molar-refractivity contribution in [2.75, 3.05) is 0 Å². The van der Waals surface area contributed by atoms with Crippen molar-refractivity contribution in [1.29, 1.82) is 0 Å². The van der Waals surface area contributed by atoms with Gasteiger partial charge in [-0.1, -0.05) is 5.21 Å². The minimum atomic E-state index is 0.0301. The Kier molecular flexibility index (Phi) is 4.52. The van der Waals surface area contributed by atoms with Crippen LogP contribution in [0, 0.1) is 6.92 Å². The van der Waals surface area contributed by atoms with Crippen molar-refractivity contribution in [2.24, 2.45) is 7.05 Å². The molecule has 1 amide bonds. The zero-order valence-electron chi connectivity index (χ0n) is 15.7. The van der Waals surface area contributed by atoms with Crippen LogP contribution in [0.4, 0.5) is 0 Å². The highest BCUT2D eigenvalue weighted by atomic mass is 16.2. The number of aromatic nitrogens is 5. The molecule has 1 N–H and O–H groups in total. The van der Waals surface area contributed by atoms with Crippen LogP contribution in [0.2, 0.25) is 0 Å². The van der Waals surface area contributed by atoms with Crippen molar-refractivity contribution in [1.82, 2.24) is 35.0 Å². The lowest BCUT2D eigenvalue weighted by Gasteiger charge is -2.42. The Morgan fingerprint density at radius 2 is 2.12 bits per heavy atom. The second kappa shape index (κ2) is 6.83. The molecule has 4 rings (SSSR count). The zero-order valence-corrected chi connectivity index (χ0v) is 15.7. The molecule has 3 heterocycles. The van der Waals surface area contributed by atoms with E-state index in [1.54, 1.807) is 0 Å². The third-order valence-electron chi connectivity index (χ3n) is 5.60. The first-order valence-electron chi connectivity index (χ1n) is 9.51. The van der Waals surface area contributed by atoms with Gasteiger partial charge in [0.05, 0.1) is 23.1 Å². The predicted octanol–water partition coefficient (Wildman–Crippen LogP) is 1.32. The molecule has 26 heavy (non-hydrogen) atoms. The van der Waals surface area contributed by atoms with Crippen molar-refractivity contribution in [2.45, 2.75) is 70.7 Å². The van der Waals surface area contributed by atoms with Gasteiger partial charge in [0.25, 0.3) is 0 Å². The molecule has 140 valence electrons. The number of aryl methyl sites for hydroxylation is 3. The predicted molar refractivity (Wildman–Crippen MR) is 96.1 cm³/mol. The molecule has 0 spiro atoms. The number of carbonyl (C=O) groups excluding carboxylic acids is 1. The summed E-state index contributed by atoms with van der Waals surface area (Å²) in [6, 6.07) is 2.65. The second-order valence-corrected chi connectivity index (χ2v) is 7.32. The van der Waals surface area contributed by atoms with Crippen LogP contribution in [0.1, 0.15) is 55.7 Å². The molecule has 1 aliphatic carbocycles. The number of nitrogens with one attached hydrogen (secondary N) is 1. The first kappa shape index (κ1) is 17.2. The molecular formula is C18H27N7O. The van der Waals surface area contributed by atoms with E-state index in [0.29, 0.717) is 19.0 Å². The van der Waals surface area contributed by atoms with Crippen molar-refractivity contribution < 1.29 is 4.79 Å². The average molecular weight is 357 g/mol. The highest BCUT2D eigenvalue weighted by molar-refractivity contribution is 5.78. The molecule has 0 radical (unpaired) electrons. The first-order valence-corrected chi connectivity index (χ1v) is 9.51. The smallest absolute Gasteiger partial charge is 0.223 e. The van der Waals surface area contributed by atoms with Crippen LogP contribution in [0.3, 0.4) is 0 Å². The molecule has 2 fully saturated rings. The van der Waals surface area contributed by atoms with E-state index in [1.807, 2.05) is 35.6 Å². The Hall–Kier alpha value is -2.22. The molecule has 8 heteroatoms. The quantitative estimate of drug-likeness (QED) is 0.843. The van der Waals surface area contributed by atoms with Crippen LogP contribution < -0.4 is 5.32 Å². The van der Waals surface area contributed by atoms with Crippen molar-refractivity contribution in [3.05, 3.63) is 29.3 Å². The summed E-state index contributed by atoms with van der Waals surface area (Å²) in [6.45, 7) is 5.58. The maximum absolute atomic E-state index is 12.7. The number of rotatable bonds is 6. The Labute approximate surface area is 153 Å². The first-order chi connectivity index (χ1) is 12.6. The van der Waals surface area contributed by atoms with Crippen LogP contribution in [0.25, 0.3) is 0 Å². The number of hydrogen-bond donors (Lipinski definition) is 1. The summed E-state index contributed by atoms with van der Waals surface area (Å²) >= 11 is 0. The molecule has 0 aromatic carbocycles. The van der Waals surface area contributed by atoms with Gasteiger partial charge in [-0.3, -0.25) is 9.48 Å². The lowest BCUT2D eigenvalue weighted by molar-refractivity contribution is -0.138. The topological polar surface area (TPSA) is 80.9 Å². The van der Waals surface area contributed by atoms with Crippen molar-refractivity contribution >= 4 is 5.91 Å². The van der Waals surface area contributed by atoms with Crippen LogP contribution in [0.5, 0.6) is 0 Å². The van der Waals surface area contributed by atoms with Crippen LogP contribution >= 0.6 is 0 Å². The van der Waals surface area contributed by atoms with Gasteiger partial charge in [-0.2, -0.15) is 5.10 Å².